The molecule has 2 aromatic carbocycles. The Balaban J connectivity index is 1.75. The molecule has 0 aliphatic carbocycles. The molecule has 1 aromatic heterocycles. The number of carbonyl (C=O) groups is 1. The van der Waals surface area contributed by atoms with E-state index in [2.05, 4.69) is 43.9 Å². The van der Waals surface area contributed by atoms with Gasteiger partial charge in [-0.2, -0.15) is 0 Å². The van der Waals surface area contributed by atoms with Crippen LogP contribution in [-0.2, 0) is 9.92 Å². The molecule has 1 amide bonds. The molecule has 0 aliphatic heterocycles. The molecule has 3 rings (SSSR count). The molecule has 0 aliphatic rings. The average molecular weight is 486 g/mol. The molecule has 0 bridgehead atoms. The summed E-state index contributed by atoms with van der Waals surface area (Å²) in [5.41, 5.74) is 3.40. The molecule has 1 heterocycles. The van der Waals surface area contributed by atoms with Crippen molar-refractivity contribution in [2.75, 3.05) is 16.3 Å². The fourth-order valence-electron chi connectivity index (χ4n) is 2.90. The third-order valence-corrected chi connectivity index (χ3v) is 14.0. The Bertz CT molecular complexity index is 1220. The van der Waals surface area contributed by atoms with E-state index in [1.165, 1.54) is 11.3 Å². The van der Waals surface area contributed by atoms with Crippen LogP contribution in [0.5, 0.6) is 0 Å². The summed E-state index contributed by atoms with van der Waals surface area (Å²) in [6.45, 7) is 10.7. The molecule has 0 fully saturated rings. The van der Waals surface area contributed by atoms with E-state index in [-0.39, 0.29) is 10.9 Å². The smallest absolute Gasteiger partial charge is 0.265 e. The number of carbonyl (C=O) groups excluding carboxylic acids is 1. The number of amides is 1. The first-order chi connectivity index (χ1) is 14.9. The third-order valence-electron chi connectivity index (χ3n) is 5.60. The fraction of sp³-hybridized carbons (Fsp3) is 0.292. The molecule has 1 atom stereocenters. The predicted octanol–water partition coefficient (Wildman–Crippen LogP) is 7.10. The minimum atomic E-state index is -2.62. The largest absolute Gasteiger partial charge is 0.321 e. The quantitative estimate of drug-likeness (QED) is 0.366. The Morgan fingerprint density at radius 2 is 1.62 bits per heavy atom. The number of thiophene rings is 1. The van der Waals surface area contributed by atoms with Crippen LogP contribution in [0.15, 0.2) is 70.1 Å². The van der Waals surface area contributed by atoms with Gasteiger partial charge in [0.05, 0.1) is 4.88 Å². The lowest BCUT2D eigenvalue weighted by Gasteiger charge is -2.33. The standard InChI is InChI=1S/C24H31N3O2S2Si/c1-24(2,3)32(5,6)27-31(4,29)26-21-14-10-13-20(16-21)25-23(28)22-15-19(17-30-22)18-11-8-7-9-12-18/h7-17H,1-6H3,(H,25,28)(H,26,27,29). The van der Waals surface area contributed by atoms with Crippen molar-refractivity contribution < 1.29 is 9.00 Å². The van der Waals surface area contributed by atoms with Gasteiger partial charge in [-0.1, -0.05) is 57.2 Å². The van der Waals surface area contributed by atoms with Gasteiger partial charge >= 0.3 is 0 Å². The van der Waals surface area contributed by atoms with Crippen molar-refractivity contribution in [3.8, 4) is 11.1 Å². The van der Waals surface area contributed by atoms with E-state index >= 15 is 0 Å². The summed E-state index contributed by atoms with van der Waals surface area (Å²) in [6.07, 6.45) is 1.63. The molecule has 32 heavy (non-hydrogen) atoms. The van der Waals surface area contributed by atoms with Gasteiger partial charge < -0.3 is 5.32 Å². The number of anilines is 2. The van der Waals surface area contributed by atoms with E-state index in [4.69, 9.17) is 4.03 Å². The van der Waals surface area contributed by atoms with E-state index in [0.717, 1.165) is 11.1 Å². The van der Waals surface area contributed by atoms with Crippen molar-refractivity contribution in [3.63, 3.8) is 0 Å². The fourth-order valence-corrected chi connectivity index (χ4v) is 9.04. The van der Waals surface area contributed by atoms with Crippen LogP contribution in [0, 0.1) is 0 Å². The predicted molar refractivity (Wildman–Crippen MR) is 141 cm³/mol. The summed E-state index contributed by atoms with van der Waals surface area (Å²) < 4.78 is 21.0. The van der Waals surface area contributed by atoms with E-state index in [1.54, 1.807) is 12.3 Å². The lowest BCUT2D eigenvalue weighted by molar-refractivity contribution is 0.103. The molecular formula is C24H31N3O2S2Si. The van der Waals surface area contributed by atoms with Crippen LogP contribution in [0.4, 0.5) is 11.4 Å². The second-order valence-electron chi connectivity index (χ2n) is 9.41. The Morgan fingerprint density at radius 1 is 0.969 bits per heavy atom. The van der Waals surface area contributed by atoms with Crippen LogP contribution < -0.4 is 10.0 Å². The maximum atomic E-state index is 13.2. The summed E-state index contributed by atoms with van der Waals surface area (Å²) in [6, 6.07) is 19.1. The highest BCUT2D eigenvalue weighted by atomic mass is 32.2. The van der Waals surface area contributed by atoms with Crippen molar-refractivity contribution in [1.82, 2.24) is 0 Å². The van der Waals surface area contributed by atoms with Crippen LogP contribution in [-0.4, -0.2) is 24.6 Å². The minimum Gasteiger partial charge on any atom is -0.321 e. The van der Waals surface area contributed by atoms with Crippen LogP contribution in [0.2, 0.25) is 18.1 Å². The second-order valence-corrected chi connectivity index (χ2v) is 17.5. The van der Waals surface area contributed by atoms with Crippen LogP contribution >= 0.6 is 11.3 Å². The first-order valence-corrected chi connectivity index (χ1v) is 16.2. The zero-order chi connectivity index (χ0) is 23.6. The number of benzene rings is 2. The van der Waals surface area contributed by atoms with Gasteiger partial charge in [0.2, 0.25) is 0 Å². The summed E-state index contributed by atoms with van der Waals surface area (Å²) in [5, 5.41) is 4.92. The van der Waals surface area contributed by atoms with Crippen molar-refractivity contribution in [1.29, 1.82) is 0 Å². The lowest BCUT2D eigenvalue weighted by atomic mass is 10.1. The van der Waals surface area contributed by atoms with E-state index in [0.29, 0.717) is 16.3 Å². The molecule has 2 N–H and O–H groups in total. The SMILES string of the molecule is CC(C)(C)[Si](C)(C)N=S(C)(=O)Nc1cccc(NC(=O)c2cc(-c3ccccc3)cs2)c1. The number of rotatable bonds is 6. The van der Waals surface area contributed by atoms with Crippen molar-refractivity contribution in [2.24, 2.45) is 4.03 Å². The van der Waals surface area contributed by atoms with Gasteiger partial charge in [0.15, 0.2) is 8.24 Å². The highest BCUT2D eigenvalue weighted by molar-refractivity contribution is 7.95. The zero-order valence-corrected chi connectivity index (χ0v) is 22.1. The number of nitrogens with zero attached hydrogens (tertiary/aromatic N) is 1. The van der Waals surface area contributed by atoms with E-state index < -0.39 is 18.2 Å². The Kier molecular flexibility index (Phi) is 6.97. The molecule has 8 heteroatoms. The third kappa shape index (κ3) is 6.09. The number of hydrogen-bond acceptors (Lipinski definition) is 4. The molecule has 170 valence electrons. The topological polar surface area (TPSA) is 70.6 Å². The highest BCUT2D eigenvalue weighted by Gasteiger charge is 2.37. The van der Waals surface area contributed by atoms with Crippen LogP contribution in [0.1, 0.15) is 30.4 Å². The van der Waals surface area contributed by atoms with Crippen molar-refractivity contribution in [2.45, 2.75) is 38.9 Å². The molecule has 0 radical (unpaired) electrons. The van der Waals surface area contributed by atoms with Crippen molar-refractivity contribution in [3.05, 3.63) is 70.9 Å². The summed E-state index contributed by atoms with van der Waals surface area (Å²) in [5.74, 6) is -0.169. The maximum absolute atomic E-state index is 13.2. The Morgan fingerprint density at radius 3 is 2.28 bits per heavy atom. The van der Waals surface area contributed by atoms with Gasteiger partial charge in [0.25, 0.3) is 5.91 Å². The zero-order valence-electron chi connectivity index (χ0n) is 19.4. The van der Waals surface area contributed by atoms with Gasteiger partial charge in [0.1, 0.15) is 9.92 Å². The van der Waals surface area contributed by atoms with Gasteiger partial charge in [-0.3, -0.25) is 13.5 Å². The first kappa shape index (κ1) is 24.2. The van der Waals surface area contributed by atoms with Gasteiger partial charge in [-0.15, -0.1) is 11.3 Å². The van der Waals surface area contributed by atoms with Crippen molar-refractivity contribution >= 4 is 46.8 Å². The average Bonchev–Trinajstić information content (AvgIpc) is 3.17. The summed E-state index contributed by atoms with van der Waals surface area (Å²) in [4.78, 5) is 13.4. The second kappa shape index (κ2) is 9.21. The molecule has 0 spiro atoms. The minimum absolute atomic E-state index is 0.00246. The molecule has 3 aromatic rings. The Labute approximate surface area is 196 Å². The van der Waals surface area contributed by atoms with E-state index in [9.17, 15) is 9.00 Å². The maximum Gasteiger partial charge on any atom is 0.265 e. The van der Waals surface area contributed by atoms with Gasteiger partial charge in [-0.25, -0.2) is 4.21 Å². The highest BCUT2D eigenvalue weighted by Crippen LogP contribution is 2.37. The molecule has 5 nitrogen and oxygen atoms in total. The Hall–Kier alpha value is -2.42. The first-order valence-electron chi connectivity index (χ1n) is 10.4. The molecular weight excluding hydrogens is 455 g/mol. The number of hydrogen-bond donors (Lipinski definition) is 2. The molecule has 0 saturated carbocycles. The lowest BCUT2D eigenvalue weighted by Crippen LogP contribution is -2.37. The molecule has 0 saturated heterocycles. The number of nitrogens with one attached hydrogen (secondary N) is 2. The van der Waals surface area contributed by atoms with Crippen LogP contribution in [0.3, 0.4) is 0 Å². The van der Waals surface area contributed by atoms with Crippen LogP contribution in [0.25, 0.3) is 11.1 Å². The monoisotopic (exact) mass is 485 g/mol. The summed E-state index contributed by atoms with van der Waals surface area (Å²) >= 11 is 1.41. The van der Waals surface area contributed by atoms with Gasteiger partial charge in [-0.05, 0) is 58.9 Å². The van der Waals surface area contributed by atoms with E-state index in [1.807, 2.05) is 60.0 Å². The summed E-state index contributed by atoms with van der Waals surface area (Å²) in [7, 11) is -4.71. The molecule has 1 unspecified atom stereocenters. The van der Waals surface area contributed by atoms with Gasteiger partial charge in [0, 0.05) is 17.6 Å². The normalized spacial score (nSPS) is 13.8.